The Kier molecular flexibility index (Phi) is 3.82. The molecule has 0 bridgehead atoms. The molecule has 5 nitrogen and oxygen atoms in total. The molecule has 1 heterocycles. The van der Waals surface area contributed by atoms with Crippen LogP contribution in [0.25, 0.3) is 0 Å². The highest BCUT2D eigenvalue weighted by atomic mass is 127. The van der Waals surface area contributed by atoms with Crippen LogP contribution in [0.1, 0.15) is 12.8 Å². The largest absolute Gasteiger partial charge is 0.366 e. The Bertz CT molecular complexity index is 439. The second kappa shape index (κ2) is 5.18. The van der Waals surface area contributed by atoms with Crippen molar-refractivity contribution in [2.75, 3.05) is 18.0 Å². The average molecular weight is 347 g/mol. The Morgan fingerprint density at radius 3 is 2.94 bits per heavy atom. The molecule has 2 N–H and O–H groups in total. The molecule has 1 atom stereocenters. The molecule has 2 rings (SSSR count). The fraction of sp³-hybridized carbons (Fsp3) is 0.455. The highest BCUT2D eigenvalue weighted by Gasteiger charge is 2.25. The number of rotatable bonds is 3. The lowest BCUT2D eigenvalue weighted by atomic mass is 10.2. The van der Waals surface area contributed by atoms with Crippen molar-refractivity contribution in [1.82, 2.24) is 0 Å². The number of nitrogens with zero attached hydrogens (tertiary/aromatic N) is 2. The second-order valence-electron chi connectivity index (χ2n) is 4.12. The lowest BCUT2D eigenvalue weighted by molar-refractivity contribution is -0.384. The molecule has 1 aromatic carbocycles. The third-order valence-corrected chi connectivity index (χ3v) is 3.96. The monoisotopic (exact) mass is 347 g/mol. The van der Waals surface area contributed by atoms with E-state index in [2.05, 4.69) is 27.5 Å². The quantitative estimate of drug-likeness (QED) is 0.517. The van der Waals surface area contributed by atoms with Gasteiger partial charge >= 0.3 is 0 Å². The summed E-state index contributed by atoms with van der Waals surface area (Å²) in [5.74, 6) is 0. The van der Waals surface area contributed by atoms with E-state index in [1.54, 1.807) is 12.1 Å². The zero-order chi connectivity index (χ0) is 12.4. The maximum Gasteiger partial charge on any atom is 0.270 e. The van der Waals surface area contributed by atoms with Crippen molar-refractivity contribution < 1.29 is 4.92 Å². The summed E-state index contributed by atoms with van der Waals surface area (Å²) in [6, 6.07) is 5.36. The smallest absolute Gasteiger partial charge is 0.270 e. The van der Waals surface area contributed by atoms with Crippen LogP contribution in [-0.2, 0) is 0 Å². The van der Waals surface area contributed by atoms with Crippen LogP contribution in [-0.4, -0.2) is 24.1 Å². The number of halogens is 1. The van der Waals surface area contributed by atoms with Gasteiger partial charge in [-0.15, -0.1) is 0 Å². The Labute approximate surface area is 113 Å². The van der Waals surface area contributed by atoms with Gasteiger partial charge in [-0.25, -0.2) is 0 Å². The van der Waals surface area contributed by atoms with Crippen LogP contribution in [0.15, 0.2) is 18.2 Å². The molecule has 0 aliphatic carbocycles. The maximum atomic E-state index is 10.7. The summed E-state index contributed by atoms with van der Waals surface area (Å²) >= 11 is 2.15. The molecule has 0 saturated carbocycles. The fourth-order valence-corrected chi connectivity index (χ4v) is 3.05. The second-order valence-corrected chi connectivity index (χ2v) is 5.28. The number of hydrogen-bond donors (Lipinski definition) is 1. The minimum absolute atomic E-state index is 0.140. The van der Waals surface area contributed by atoms with Gasteiger partial charge in [-0.05, 0) is 41.5 Å². The summed E-state index contributed by atoms with van der Waals surface area (Å²) < 4.78 is 0.914. The minimum atomic E-state index is -0.365. The molecule has 1 aliphatic heterocycles. The summed E-state index contributed by atoms with van der Waals surface area (Å²) in [5.41, 5.74) is 6.94. The van der Waals surface area contributed by atoms with E-state index in [0.717, 1.165) is 28.6 Å². The third-order valence-electron chi connectivity index (χ3n) is 3.10. The van der Waals surface area contributed by atoms with Gasteiger partial charge in [0.05, 0.1) is 10.6 Å². The van der Waals surface area contributed by atoms with Crippen molar-refractivity contribution in [1.29, 1.82) is 0 Å². The van der Waals surface area contributed by atoms with E-state index in [1.807, 2.05) is 6.07 Å². The Hall–Kier alpha value is -0.890. The number of nitro benzene ring substituents is 1. The first kappa shape index (κ1) is 12.6. The minimum Gasteiger partial charge on any atom is -0.366 e. The number of non-ortho nitro benzene ring substituents is 1. The zero-order valence-corrected chi connectivity index (χ0v) is 11.5. The van der Waals surface area contributed by atoms with Gasteiger partial charge in [-0.1, -0.05) is 0 Å². The lowest BCUT2D eigenvalue weighted by Gasteiger charge is -2.26. The number of nitro groups is 1. The molecular formula is C11H14IN3O2. The van der Waals surface area contributed by atoms with E-state index < -0.39 is 0 Å². The van der Waals surface area contributed by atoms with Gasteiger partial charge in [-0.3, -0.25) is 10.1 Å². The van der Waals surface area contributed by atoms with Crippen LogP contribution in [0.5, 0.6) is 0 Å². The molecule has 92 valence electrons. The van der Waals surface area contributed by atoms with Crippen molar-refractivity contribution in [3.63, 3.8) is 0 Å². The van der Waals surface area contributed by atoms with Crippen LogP contribution in [0.4, 0.5) is 11.4 Å². The topological polar surface area (TPSA) is 72.4 Å². The summed E-state index contributed by atoms with van der Waals surface area (Å²) in [4.78, 5) is 12.6. The fourth-order valence-electron chi connectivity index (χ4n) is 2.24. The summed E-state index contributed by atoms with van der Waals surface area (Å²) in [6.07, 6.45) is 2.23. The lowest BCUT2D eigenvalue weighted by Crippen LogP contribution is -2.35. The van der Waals surface area contributed by atoms with Crippen LogP contribution in [0.2, 0.25) is 0 Å². The molecule has 1 aromatic rings. The summed E-state index contributed by atoms with van der Waals surface area (Å²) in [7, 11) is 0. The molecule has 6 heteroatoms. The Morgan fingerprint density at radius 2 is 2.35 bits per heavy atom. The number of benzene rings is 1. The summed E-state index contributed by atoms with van der Waals surface area (Å²) in [6.45, 7) is 1.61. The summed E-state index contributed by atoms with van der Waals surface area (Å²) in [5, 5.41) is 10.7. The first-order chi connectivity index (χ1) is 8.13. The van der Waals surface area contributed by atoms with Crippen molar-refractivity contribution in [3.05, 3.63) is 31.9 Å². The SMILES string of the molecule is NCC1CCCN1c1ccc([N+](=O)[O-])cc1I. The van der Waals surface area contributed by atoms with Crippen LogP contribution >= 0.6 is 22.6 Å². The standard InChI is InChI=1S/C11H14IN3O2/c12-10-6-8(15(16)17)3-4-11(10)14-5-1-2-9(14)7-13/h3-4,6,9H,1-2,5,7,13H2. The Balaban J connectivity index is 2.30. The maximum absolute atomic E-state index is 10.7. The van der Waals surface area contributed by atoms with Crippen LogP contribution in [0, 0.1) is 13.7 Å². The van der Waals surface area contributed by atoms with Crippen LogP contribution < -0.4 is 10.6 Å². The van der Waals surface area contributed by atoms with Gasteiger partial charge in [0.25, 0.3) is 5.69 Å². The van der Waals surface area contributed by atoms with E-state index in [9.17, 15) is 10.1 Å². The third kappa shape index (κ3) is 2.52. The predicted octanol–water partition coefficient (Wildman–Crippen LogP) is 2.13. The number of anilines is 1. The molecule has 17 heavy (non-hydrogen) atoms. The van der Waals surface area contributed by atoms with E-state index in [1.165, 1.54) is 0 Å². The highest BCUT2D eigenvalue weighted by molar-refractivity contribution is 14.1. The first-order valence-electron chi connectivity index (χ1n) is 5.54. The van der Waals surface area contributed by atoms with Crippen molar-refractivity contribution in [2.45, 2.75) is 18.9 Å². The van der Waals surface area contributed by atoms with Gasteiger partial charge in [0.15, 0.2) is 0 Å². The van der Waals surface area contributed by atoms with E-state index in [0.29, 0.717) is 12.6 Å². The van der Waals surface area contributed by atoms with E-state index in [4.69, 9.17) is 5.73 Å². The molecule has 0 radical (unpaired) electrons. The molecule has 0 amide bonds. The number of hydrogen-bond acceptors (Lipinski definition) is 4. The molecule has 1 fully saturated rings. The van der Waals surface area contributed by atoms with E-state index >= 15 is 0 Å². The van der Waals surface area contributed by atoms with Gasteiger partial charge in [0.2, 0.25) is 0 Å². The molecule has 0 spiro atoms. The van der Waals surface area contributed by atoms with Crippen molar-refractivity contribution in [3.8, 4) is 0 Å². The highest BCUT2D eigenvalue weighted by Crippen LogP contribution is 2.31. The van der Waals surface area contributed by atoms with Crippen LogP contribution in [0.3, 0.4) is 0 Å². The molecule has 1 aliphatic rings. The van der Waals surface area contributed by atoms with Gasteiger partial charge in [0.1, 0.15) is 0 Å². The average Bonchev–Trinajstić information content (AvgIpc) is 2.76. The van der Waals surface area contributed by atoms with Gasteiger partial charge in [0, 0.05) is 34.8 Å². The normalized spacial score (nSPS) is 19.6. The van der Waals surface area contributed by atoms with Gasteiger partial charge < -0.3 is 10.6 Å². The zero-order valence-electron chi connectivity index (χ0n) is 9.30. The van der Waals surface area contributed by atoms with E-state index in [-0.39, 0.29) is 10.6 Å². The molecule has 1 saturated heterocycles. The molecule has 0 aromatic heterocycles. The number of nitrogens with two attached hydrogens (primary N) is 1. The predicted molar refractivity (Wildman–Crippen MR) is 75.2 cm³/mol. The Morgan fingerprint density at radius 1 is 1.59 bits per heavy atom. The molecule has 1 unspecified atom stereocenters. The van der Waals surface area contributed by atoms with Gasteiger partial charge in [-0.2, -0.15) is 0 Å². The molecular weight excluding hydrogens is 333 g/mol. The van der Waals surface area contributed by atoms with Crippen molar-refractivity contribution in [2.24, 2.45) is 5.73 Å². The first-order valence-corrected chi connectivity index (χ1v) is 6.62. The van der Waals surface area contributed by atoms with Crippen molar-refractivity contribution >= 4 is 34.0 Å².